The van der Waals surface area contributed by atoms with E-state index in [2.05, 4.69) is 34.5 Å². The predicted octanol–water partition coefficient (Wildman–Crippen LogP) is 4.37. The smallest absolute Gasteiger partial charge is 0.263 e. The Kier molecular flexibility index (Phi) is 6.06. The number of carbonyl (C=O) groups excluding carboxylic acids is 1. The standard InChI is InChI=1S/C21H20BrN3O2S2/c1-3-9-25-20(27)18-15-8-10-24(2)11-17(15)29-19(18)23-21(25)28-12-16(26)13-4-6-14(22)7-5-13/h3-7H,1,8-12H2,2H3. The molecule has 3 heterocycles. The van der Waals surface area contributed by atoms with Crippen molar-refractivity contribution in [2.75, 3.05) is 19.3 Å². The first-order chi connectivity index (χ1) is 14.0. The first-order valence-electron chi connectivity index (χ1n) is 9.24. The summed E-state index contributed by atoms with van der Waals surface area (Å²) in [7, 11) is 2.09. The van der Waals surface area contributed by atoms with Crippen LogP contribution in [-0.4, -0.2) is 39.6 Å². The van der Waals surface area contributed by atoms with Crippen LogP contribution in [-0.2, 0) is 19.5 Å². The number of ketones is 1. The number of benzene rings is 1. The highest BCUT2D eigenvalue weighted by atomic mass is 79.9. The van der Waals surface area contributed by atoms with Crippen molar-refractivity contribution in [2.24, 2.45) is 0 Å². The zero-order valence-corrected chi connectivity index (χ0v) is 19.2. The topological polar surface area (TPSA) is 55.2 Å². The van der Waals surface area contributed by atoms with Crippen molar-refractivity contribution in [2.45, 2.75) is 24.7 Å². The van der Waals surface area contributed by atoms with E-state index in [-0.39, 0.29) is 17.1 Å². The number of thiophene rings is 1. The lowest BCUT2D eigenvalue weighted by Gasteiger charge is -2.21. The molecule has 0 radical (unpaired) electrons. The average Bonchev–Trinajstić information content (AvgIpc) is 3.06. The molecule has 4 rings (SSSR count). The molecule has 1 aromatic carbocycles. The van der Waals surface area contributed by atoms with Crippen molar-refractivity contribution in [3.63, 3.8) is 0 Å². The third kappa shape index (κ3) is 4.12. The SMILES string of the molecule is C=CCn1c(SCC(=O)c2ccc(Br)cc2)nc2sc3c(c2c1=O)CCN(C)C3. The summed E-state index contributed by atoms with van der Waals surface area (Å²) in [6.45, 7) is 5.95. The minimum Gasteiger partial charge on any atom is -0.301 e. The van der Waals surface area contributed by atoms with Crippen LogP contribution >= 0.6 is 39.0 Å². The highest BCUT2D eigenvalue weighted by molar-refractivity contribution is 9.10. The number of allylic oxidation sites excluding steroid dienone is 1. The maximum absolute atomic E-state index is 13.3. The van der Waals surface area contributed by atoms with E-state index in [1.807, 2.05) is 12.1 Å². The molecule has 29 heavy (non-hydrogen) atoms. The van der Waals surface area contributed by atoms with Crippen LogP contribution in [0.1, 0.15) is 20.8 Å². The van der Waals surface area contributed by atoms with Crippen LogP contribution in [0.25, 0.3) is 10.2 Å². The Morgan fingerprint density at radius 2 is 2.14 bits per heavy atom. The van der Waals surface area contributed by atoms with Gasteiger partial charge in [-0.15, -0.1) is 17.9 Å². The summed E-state index contributed by atoms with van der Waals surface area (Å²) in [4.78, 5) is 34.9. The summed E-state index contributed by atoms with van der Waals surface area (Å²) >= 11 is 6.28. The molecule has 2 aromatic heterocycles. The van der Waals surface area contributed by atoms with E-state index in [0.717, 1.165) is 39.8 Å². The van der Waals surface area contributed by atoms with Gasteiger partial charge in [-0.2, -0.15) is 0 Å². The minimum atomic E-state index is -0.0319. The first kappa shape index (κ1) is 20.5. The maximum atomic E-state index is 13.3. The molecule has 0 saturated carbocycles. The van der Waals surface area contributed by atoms with Gasteiger partial charge in [0.15, 0.2) is 10.9 Å². The molecular weight excluding hydrogens is 470 g/mol. The van der Waals surface area contributed by atoms with Crippen LogP contribution in [0.4, 0.5) is 0 Å². The maximum Gasteiger partial charge on any atom is 0.263 e. The van der Waals surface area contributed by atoms with E-state index in [0.29, 0.717) is 17.3 Å². The molecule has 0 bridgehead atoms. The molecule has 1 aliphatic rings. The third-order valence-electron chi connectivity index (χ3n) is 4.93. The monoisotopic (exact) mass is 489 g/mol. The van der Waals surface area contributed by atoms with Crippen molar-refractivity contribution < 1.29 is 4.79 Å². The molecule has 0 fully saturated rings. The van der Waals surface area contributed by atoms with E-state index < -0.39 is 0 Å². The minimum absolute atomic E-state index is 0.00842. The molecule has 0 N–H and O–H groups in total. The highest BCUT2D eigenvalue weighted by Crippen LogP contribution is 2.33. The number of Topliss-reactive ketones (excluding diaryl/α,β-unsaturated/α-hetero) is 1. The molecule has 0 aliphatic carbocycles. The Balaban J connectivity index is 1.68. The second-order valence-electron chi connectivity index (χ2n) is 6.99. The molecule has 0 spiro atoms. The van der Waals surface area contributed by atoms with E-state index in [9.17, 15) is 9.59 Å². The third-order valence-corrected chi connectivity index (χ3v) is 7.54. The second kappa shape index (κ2) is 8.55. The Morgan fingerprint density at radius 1 is 1.38 bits per heavy atom. The van der Waals surface area contributed by atoms with E-state index in [1.165, 1.54) is 16.6 Å². The quantitative estimate of drug-likeness (QED) is 0.222. The van der Waals surface area contributed by atoms with Gasteiger partial charge in [0.2, 0.25) is 0 Å². The number of carbonyl (C=O) groups is 1. The van der Waals surface area contributed by atoms with Gasteiger partial charge >= 0.3 is 0 Å². The van der Waals surface area contributed by atoms with Gasteiger partial charge in [0.25, 0.3) is 5.56 Å². The van der Waals surface area contributed by atoms with Crippen molar-refractivity contribution >= 4 is 55.0 Å². The van der Waals surface area contributed by atoms with Crippen molar-refractivity contribution in [3.8, 4) is 0 Å². The normalized spacial score (nSPS) is 14.1. The summed E-state index contributed by atoms with van der Waals surface area (Å²) in [6.07, 6.45) is 2.56. The van der Waals surface area contributed by atoms with E-state index >= 15 is 0 Å². The van der Waals surface area contributed by atoms with Gasteiger partial charge in [-0.25, -0.2) is 4.98 Å². The number of fused-ring (bicyclic) bond motifs is 3. The fourth-order valence-corrected chi connectivity index (χ4v) is 5.94. The molecule has 0 unspecified atom stereocenters. The predicted molar refractivity (Wildman–Crippen MR) is 123 cm³/mol. The van der Waals surface area contributed by atoms with Crippen molar-refractivity contribution in [1.82, 2.24) is 14.5 Å². The number of aromatic nitrogens is 2. The second-order valence-corrected chi connectivity index (χ2v) is 9.93. The van der Waals surface area contributed by atoms with Gasteiger partial charge in [0, 0.05) is 34.5 Å². The number of hydrogen-bond donors (Lipinski definition) is 0. The number of likely N-dealkylation sites (N-methyl/N-ethyl adjacent to an activating group) is 1. The van der Waals surface area contributed by atoms with Crippen LogP contribution in [0.15, 0.2) is 51.3 Å². The van der Waals surface area contributed by atoms with Gasteiger partial charge in [0.1, 0.15) is 4.83 Å². The molecule has 0 atom stereocenters. The molecule has 1 aliphatic heterocycles. The number of rotatable bonds is 6. The van der Waals surface area contributed by atoms with Crippen LogP contribution in [0, 0.1) is 0 Å². The zero-order valence-electron chi connectivity index (χ0n) is 16.0. The number of nitrogens with zero attached hydrogens (tertiary/aromatic N) is 3. The van der Waals surface area contributed by atoms with E-state index in [1.54, 1.807) is 34.1 Å². The highest BCUT2D eigenvalue weighted by Gasteiger charge is 2.24. The number of hydrogen-bond acceptors (Lipinski definition) is 6. The van der Waals surface area contributed by atoms with Gasteiger partial charge in [0.05, 0.1) is 11.1 Å². The van der Waals surface area contributed by atoms with Crippen LogP contribution < -0.4 is 5.56 Å². The van der Waals surface area contributed by atoms with Crippen molar-refractivity contribution in [3.05, 3.63) is 67.8 Å². The summed E-state index contributed by atoms with van der Waals surface area (Å²) in [5.74, 6) is 0.235. The number of thioether (sulfide) groups is 1. The summed E-state index contributed by atoms with van der Waals surface area (Å²) in [5.41, 5.74) is 1.76. The number of halogens is 1. The molecule has 150 valence electrons. The molecule has 8 heteroatoms. The van der Waals surface area contributed by atoms with Crippen LogP contribution in [0.5, 0.6) is 0 Å². The lowest BCUT2D eigenvalue weighted by molar-refractivity contribution is 0.102. The molecule has 3 aromatic rings. The van der Waals surface area contributed by atoms with E-state index in [4.69, 9.17) is 4.98 Å². The fraction of sp³-hybridized carbons (Fsp3) is 0.286. The molecule has 5 nitrogen and oxygen atoms in total. The fourth-order valence-electron chi connectivity index (χ4n) is 3.43. The van der Waals surface area contributed by atoms with Crippen molar-refractivity contribution in [1.29, 1.82) is 0 Å². The van der Waals surface area contributed by atoms with Gasteiger partial charge < -0.3 is 4.90 Å². The first-order valence-corrected chi connectivity index (χ1v) is 11.8. The molecule has 0 saturated heterocycles. The Bertz CT molecular complexity index is 1150. The molecular formula is C21H20BrN3O2S2. The van der Waals surface area contributed by atoms with Gasteiger partial charge in [-0.3, -0.25) is 14.2 Å². The summed E-state index contributed by atoms with van der Waals surface area (Å²) in [5, 5.41) is 1.31. The largest absolute Gasteiger partial charge is 0.301 e. The lowest BCUT2D eigenvalue weighted by Crippen LogP contribution is -2.27. The molecule has 0 amide bonds. The van der Waals surface area contributed by atoms with Gasteiger partial charge in [-0.05, 0) is 31.2 Å². The Labute approximate surface area is 185 Å². The Morgan fingerprint density at radius 3 is 2.86 bits per heavy atom. The lowest BCUT2D eigenvalue weighted by atomic mass is 10.1. The zero-order chi connectivity index (χ0) is 20.5. The average molecular weight is 490 g/mol. The van der Waals surface area contributed by atoms with Gasteiger partial charge in [-0.1, -0.05) is 45.9 Å². The van der Waals surface area contributed by atoms with Crippen LogP contribution in [0.2, 0.25) is 0 Å². The Hall–Kier alpha value is -1.74. The van der Waals surface area contributed by atoms with Crippen LogP contribution in [0.3, 0.4) is 0 Å². The summed E-state index contributed by atoms with van der Waals surface area (Å²) in [6, 6.07) is 7.29. The summed E-state index contributed by atoms with van der Waals surface area (Å²) < 4.78 is 2.57.